The number of aliphatic hydroxyl groups is 3. The molecular weight excluding hydrogens is 308 g/mol. The summed E-state index contributed by atoms with van der Waals surface area (Å²) in [5.74, 6) is -0.592. The summed E-state index contributed by atoms with van der Waals surface area (Å²) >= 11 is 0. The first-order valence-corrected chi connectivity index (χ1v) is 8.46. The molecule has 0 bridgehead atoms. The number of carbonyl (C=O) groups excluding carboxylic acids is 1. The quantitative estimate of drug-likeness (QED) is 0.259. The van der Waals surface area contributed by atoms with Crippen molar-refractivity contribution < 1.29 is 24.9 Å². The Morgan fingerprint density at radius 1 is 1.46 bits per heavy atom. The molecule has 0 aliphatic heterocycles. The number of aliphatic hydroxyl groups excluding tert-OH is 3. The van der Waals surface area contributed by atoms with Crippen molar-refractivity contribution in [2.45, 2.75) is 57.3 Å². The van der Waals surface area contributed by atoms with E-state index in [4.69, 9.17) is 0 Å². The zero-order valence-electron chi connectivity index (χ0n) is 14.6. The molecule has 0 heterocycles. The number of rotatable bonds is 9. The van der Waals surface area contributed by atoms with Crippen LogP contribution < -0.4 is 0 Å². The smallest absolute Gasteiger partial charge is 0.330 e. The van der Waals surface area contributed by atoms with Crippen LogP contribution in [0.5, 0.6) is 0 Å². The van der Waals surface area contributed by atoms with Crippen molar-refractivity contribution in [2.24, 2.45) is 11.3 Å². The minimum Gasteiger partial charge on any atom is -0.466 e. The summed E-state index contributed by atoms with van der Waals surface area (Å²) in [6.07, 6.45) is 9.97. The molecular formula is C19H30O5. The van der Waals surface area contributed by atoms with E-state index in [2.05, 4.69) is 11.3 Å². The number of hydrogen-bond acceptors (Lipinski definition) is 5. The second kappa shape index (κ2) is 9.77. The highest BCUT2D eigenvalue weighted by Crippen LogP contribution is 2.48. The molecule has 0 aromatic carbocycles. The van der Waals surface area contributed by atoms with Crippen LogP contribution in [0.2, 0.25) is 0 Å². The van der Waals surface area contributed by atoms with Crippen LogP contribution >= 0.6 is 0 Å². The van der Waals surface area contributed by atoms with Gasteiger partial charge in [-0.15, -0.1) is 6.58 Å². The second-order valence-corrected chi connectivity index (χ2v) is 6.55. The van der Waals surface area contributed by atoms with Crippen molar-refractivity contribution >= 4 is 5.97 Å². The van der Waals surface area contributed by atoms with Crippen LogP contribution in [0.15, 0.2) is 37.0 Å². The van der Waals surface area contributed by atoms with E-state index in [1.807, 2.05) is 12.2 Å². The first-order valence-electron chi connectivity index (χ1n) is 8.46. The normalized spacial score (nSPS) is 29.9. The molecule has 0 aromatic heterocycles. The Labute approximate surface area is 144 Å². The van der Waals surface area contributed by atoms with E-state index in [-0.39, 0.29) is 12.0 Å². The molecule has 3 N–H and O–H groups in total. The molecule has 136 valence electrons. The van der Waals surface area contributed by atoms with Crippen LogP contribution in [0.3, 0.4) is 0 Å². The molecule has 0 unspecified atom stereocenters. The molecule has 0 amide bonds. The van der Waals surface area contributed by atoms with Gasteiger partial charge < -0.3 is 20.1 Å². The molecule has 1 rings (SSSR count). The molecule has 1 fully saturated rings. The summed E-state index contributed by atoms with van der Waals surface area (Å²) < 4.78 is 4.54. The van der Waals surface area contributed by atoms with Crippen molar-refractivity contribution in [3.8, 4) is 0 Å². The predicted molar refractivity (Wildman–Crippen MR) is 93.2 cm³/mol. The van der Waals surface area contributed by atoms with E-state index in [1.165, 1.54) is 19.3 Å². The first kappa shape index (κ1) is 20.6. The van der Waals surface area contributed by atoms with Gasteiger partial charge in [0.15, 0.2) is 0 Å². The zero-order chi connectivity index (χ0) is 18.2. The Morgan fingerprint density at radius 2 is 2.17 bits per heavy atom. The number of allylic oxidation sites excluding steroid dienone is 2. The lowest BCUT2D eigenvalue weighted by molar-refractivity contribution is -0.134. The third kappa shape index (κ3) is 5.58. The lowest BCUT2D eigenvalue weighted by Crippen LogP contribution is -2.35. The first-order chi connectivity index (χ1) is 11.4. The average Bonchev–Trinajstić information content (AvgIpc) is 2.88. The van der Waals surface area contributed by atoms with Gasteiger partial charge in [-0.05, 0) is 51.0 Å². The van der Waals surface area contributed by atoms with Gasteiger partial charge in [0, 0.05) is 11.5 Å². The average molecular weight is 338 g/mol. The highest BCUT2D eigenvalue weighted by Gasteiger charge is 2.47. The third-order valence-corrected chi connectivity index (χ3v) is 4.71. The summed E-state index contributed by atoms with van der Waals surface area (Å²) in [4.78, 5) is 11.2. The van der Waals surface area contributed by atoms with E-state index in [1.54, 1.807) is 13.0 Å². The largest absolute Gasteiger partial charge is 0.466 e. The van der Waals surface area contributed by atoms with Gasteiger partial charge in [-0.25, -0.2) is 4.79 Å². The van der Waals surface area contributed by atoms with Gasteiger partial charge in [-0.3, -0.25) is 0 Å². The Hall–Kier alpha value is -1.43. The highest BCUT2D eigenvalue weighted by atomic mass is 16.5. The van der Waals surface area contributed by atoms with Crippen LogP contribution in [0.4, 0.5) is 0 Å². The summed E-state index contributed by atoms with van der Waals surface area (Å²) in [6, 6.07) is 0. The van der Waals surface area contributed by atoms with Gasteiger partial charge >= 0.3 is 5.97 Å². The van der Waals surface area contributed by atoms with E-state index in [0.29, 0.717) is 12.8 Å². The fourth-order valence-electron chi connectivity index (χ4n) is 3.32. The minimum atomic E-state index is -0.932. The summed E-state index contributed by atoms with van der Waals surface area (Å²) in [6.45, 7) is 5.62. The maximum absolute atomic E-state index is 11.2. The van der Waals surface area contributed by atoms with Crippen molar-refractivity contribution in [2.75, 3.05) is 7.11 Å². The van der Waals surface area contributed by atoms with Crippen molar-refractivity contribution in [1.29, 1.82) is 0 Å². The molecule has 24 heavy (non-hydrogen) atoms. The highest BCUT2D eigenvalue weighted by molar-refractivity contribution is 5.81. The number of carbonyl (C=O) groups is 1. The lowest BCUT2D eigenvalue weighted by atomic mass is 9.73. The number of methoxy groups -OCH3 is 1. The molecule has 0 radical (unpaired) electrons. The van der Waals surface area contributed by atoms with E-state index < -0.39 is 23.6 Å². The Morgan fingerprint density at radius 3 is 2.75 bits per heavy atom. The minimum absolute atomic E-state index is 0.0613. The molecule has 5 atom stereocenters. The molecule has 5 heteroatoms. The van der Waals surface area contributed by atoms with Crippen LogP contribution in [0.25, 0.3) is 0 Å². The van der Waals surface area contributed by atoms with E-state index in [9.17, 15) is 20.1 Å². The van der Waals surface area contributed by atoms with Crippen LogP contribution in [-0.4, -0.2) is 46.7 Å². The SMILES string of the molecule is C=C[C@@]1([C@H](O)/C=C/C(=O)OC)C[C@@H](O)C[C@H]1/C=C/CCC[C@H](C)O. The third-order valence-electron chi connectivity index (χ3n) is 4.71. The van der Waals surface area contributed by atoms with Gasteiger partial charge in [-0.2, -0.15) is 0 Å². The fraction of sp³-hybridized carbons (Fsp3) is 0.632. The van der Waals surface area contributed by atoms with Gasteiger partial charge in [0.2, 0.25) is 0 Å². The fourth-order valence-corrected chi connectivity index (χ4v) is 3.32. The monoisotopic (exact) mass is 338 g/mol. The molecule has 0 spiro atoms. The maximum atomic E-state index is 11.2. The topological polar surface area (TPSA) is 87.0 Å². The molecule has 1 saturated carbocycles. The van der Waals surface area contributed by atoms with Crippen molar-refractivity contribution in [1.82, 2.24) is 0 Å². The Balaban J connectivity index is 2.80. The number of unbranched alkanes of at least 4 members (excludes halogenated alkanes) is 1. The van der Waals surface area contributed by atoms with Crippen molar-refractivity contribution in [3.05, 3.63) is 37.0 Å². The maximum Gasteiger partial charge on any atom is 0.330 e. The number of esters is 1. The van der Waals surface area contributed by atoms with Crippen LogP contribution in [0, 0.1) is 11.3 Å². The van der Waals surface area contributed by atoms with Gasteiger partial charge in [0.1, 0.15) is 0 Å². The summed E-state index contributed by atoms with van der Waals surface area (Å²) in [5.41, 5.74) is -0.704. The lowest BCUT2D eigenvalue weighted by Gasteiger charge is -2.34. The van der Waals surface area contributed by atoms with E-state index in [0.717, 1.165) is 19.3 Å². The van der Waals surface area contributed by atoms with Crippen LogP contribution in [-0.2, 0) is 9.53 Å². The standard InChI is InChI=1S/C19H30O5/c1-4-19(17(22)10-11-18(23)24-3)13-16(21)12-15(19)9-7-5-6-8-14(2)20/h4,7,9-11,14-17,20-22H,1,5-6,8,12-13H2,2-3H3/b9-7+,11-10+/t14-,15+,16-,17+,19+/m0/s1. The predicted octanol–water partition coefficient (Wildman–Crippen LogP) is 2.13. The van der Waals surface area contributed by atoms with Gasteiger partial charge in [0.25, 0.3) is 0 Å². The molecule has 1 aliphatic rings. The van der Waals surface area contributed by atoms with E-state index >= 15 is 0 Å². The molecule has 5 nitrogen and oxygen atoms in total. The summed E-state index contributed by atoms with van der Waals surface area (Å²) in [5, 5.41) is 29.9. The Bertz CT molecular complexity index is 468. The molecule has 0 saturated heterocycles. The Kier molecular flexibility index (Phi) is 8.39. The van der Waals surface area contributed by atoms with Crippen molar-refractivity contribution in [3.63, 3.8) is 0 Å². The zero-order valence-corrected chi connectivity index (χ0v) is 14.6. The molecule has 1 aliphatic carbocycles. The van der Waals surface area contributed by atoms with Crippen LogP contribution in [0.1, 0.15) is 39.0 Å². The molecule has 0 aromatic rings. The second-order valence-electron chi connectivity index (χ2n) is 6.55. The number of ether oxygens (including phenoxy) is 1. The summed E-state index contributed by atoms with van der Waals surface area (Å²) in [7, 11) is 1.28. The van der Waals surface area contributed by atoms with Gasteiger partial charge in [0.05, 0.1) is 25.4 Å². The van der Waals surface area contributed by atoms with Gasteiger partial charge in [-0.1, -0.05) is 18.2 Å². The number of hydrogen-bond donors (Lipinski definition) is 3.